The maximum atomic E-state index is 10.5. The van der Waals surface area contributed by atoms with E-state index in [2.05, 4.69) is 29.5 Å². The zero-order chi connectivity index (χ0) is 21.7. The quantitative estimate of drug-likeness (QED) is 0.311. The predicted molar refractivity (Wildman–Crippen MR) is 114 cm³/mol. The Labute approximate surface area is 177 Å². The van der Waals surface area contributed by atoms with Crippen molar-refractivity contribution in [3.05, 3.63) is 18.0 Å². The van der Waals surface area contributed by atoms with Gasteiger partial charge in [-0.2, -0.15) is 0 Å². The summed E-state index contributed by atoms with van der Waals surface area (Å²) in [5.74, 6) is 1.25. The molecule has 2 aliphatic heterocycles. The van der Waals surface area contributed by atoms with Crippen LogP contribution in [-0.4, -0.2) is 73.7 Å². The van der Waals surface area contributed by atoms with E-state index in [1.54, 1.807) is 9.47 Å². The lowest BCUT2D eigenvalue weighted by Crippen LogP contribution is -2.38. The Kier molecular flexibility index (Phi) is 7.70. The van der Waals surface area contributed by atoms with Crippen molar-refractivity contribution in [2.45, 2.75) is 70.5 Å². The molecule has 3 heterocycles. The zero-order valence-electron chi connectivity index (χ0n) is 17.7. The SMILES string of the molecule is CCCC/C=C/N1CNc2c(nc(NCCCC)n2[C@@H]2O[C@H](CO)[C@@H](O)[C@H]2O)C1=N. The van der Waals surface area contributed by atoms with Gasteiger partial charge >= 0.3 is 0 Å². The van der Waals surface area contributed by atoms with E-state index >= 15 is 0 Å². The number of ether oxygens (including phenoxy) is 1. The van der Waals surface area contributed by atoms with Gasteiger partial charge in [0.1, 0.15) is 29.8 Å². The van der Waals surface area contributed by atoms with E-state index in [-0.39, 0.29) is 5.84 Å². The topological polar surface area (TPSA) is 139 Å². The molecule has 1 aromatic rings. The highest BCUT2D eigenvalue weighted by Gasteiger charge is 2.46. The van der Waals surface area contributed by atoms with E-state index in [9.17, 15) is 15.3 Å². The molecule has 2 aliphatic rings. The van der Waals surface area contributed by atoms with Crippen molar-refractivity contribution in [3.8, 4) is 0 Å². The number of nitrogens with zero attached hydrogens (tertiary/aromatic N) is 3. The van der Waals surface area contributed by atoms with Gasteiger partial charge in [-0.05, 0) is 12.8 Å². The van der Waals surface area contributed by atoms with Crippen LogP contribution in [0.15, 0.2) is 12.3 Å². The minimum atomic E-state index is -1.23. The molecule has 3 rings (SSSR count). The number of hydrogen-bond donors (Lipinski definition) is 6. The Morgan fingerprint density at radius 1 is 1.27 bits per heavy atom. The summed E-state index contributed by atoms with van der Waals surface area (Å²) in [7, 11) is 0. The summed E-state index contributed by atoms with van der Waals surface area (Å²) < 4.78 is 7.40. The van der Waals surface area contributed by atoms with Gasteiger partial charge in [-0.25, -0.2) is 4.98 Å². The van der Waals surface area contributed by atoms with Gasteiger partial charge in [-0.3, -0.25) is 9.98 Å². The molecule has 1 aromatic heterocycles. The molecule has 4 atom stereocenters. The number of unbranched alkanes of at least 4 members (excludes halogenated alkanes) is 3. The van der Waals surface area contributed by atoms with E-state index in [0.717, 1.165) is 32.1 Å². The van der Waals surface area contributed by atoms with Crippen molar-refractivity contribution < 1.29 is 20.1 Å². The number of nitrogens with one attached hydrogen (secondary N) is 3. The van der Waals surface area contributed by atoms with E-state index in [1.807, 2.05) is 12.3 Å². The lowest BCUT2D eigenvalue weighted by atomic mass is 10.1. The maximum Gasteiger partial charge on any atom is 0.207 e. The van der Waals surface area contributed by atoms with Crippen molar-refractivity contribution in [1.29, 1.82) is 5.41 Å². The van der Waals surface area contributed by atoms with Gasteiger partial charge in [-0.15, -0.1) is 0 Å². The van der Waals surface area contributed by atoms with Crippen molar-refractivity contribution in [1.82, 2.24) is 14.5 Å². The third-order valence-electron chi connectivity index (χ3n) is 5.43. The number of anilines is 2. The van der Waals surface area contributed by atoms with Crippen LogP contribution in [0.3, 0.4) is 0 Å². The van der Waals surface area contributed by atoms with Gasteiger partial charge in [0.2, 0.25) is 5.95 Å². The Bertz CT molecular complexity index is 752. The van der Waals surface area contributed by atoms with Crippen LogP contribution in [0.2, 0.25) is 0 Å². The lowest BCUT2D eigenvalue weighted by molar-refractivity contribution is -0.0509. The maximum absolute atomic E-state index is 10.5. The third kappa shape index (κ3) is 4.46. The van der Waals surface area contributed by atoms with E-state index in [0.29, 0.717) is 30.7 Å². The fourth-order valence-electron chi connectivity index (χ4n) is 3.64. The van der Waals surface area contributed by atoms with Gasteiger partial charge in [0.15, 0.2) is 12.1 Å². The monoisotopic (exact) mass is 422 g/mol. The molecule has 10 nitrogen and oxygen atoms in total. The molecule has 0 spiro atoms. The molecule has 10 heteroatoms. The molecular formula is C20H34N6O4. The van der Waals surface area contributed by atoms with Crippen LogP contribution >= 0.6 is 0 Å². The second-order valence-corrected chi connectivity index (χ2v) is 7.69. The van der Waals surface area contributed by atoms with E-state index in [1.165, 1.54) is 0 Å². The first-order valence-corrected chi connectivity index (χ1v) is 10.8. The number of fused-ring (bicyclic) bond motifs is 1. The summed E-state index contributed by atoms with van der Waals surface area (Å²) in [6.45, 7) is 4.88. The van der Waals surface area contributed by atoms with Gasteiger partial charge in [0.05, 0.1) is 13.3 Å². The number of allylic oxidation sites excluding steroid dienone is 1. The van der Waals surface area contributed by atoms with Gasteiger partial charge in [-0.1, -0.05) is 39.2 Å². The molecule has 30 heavy (non-hydrogen) atoms. The number of rotatable bonds is 10. The second-order valence-electron chi connectivity index (χ2n) is 7.69. The number of aliphatic hydroxyl groups excluding tert-OH is 3. The number of aromatic nitrogens is 2. The third-order valence-corrected chi connectivity index (χ3v) is 5.43. The first-order valence-electron chi connectivity index (χ1n) is 10.8. The fourth-order valence-corrected chi connectivity index (χ4v) is 3.64. The molecule has 1 fully saturated rings. The Morgan fingerprint density at radius 2 is 2.03 bits per heavy atom. The predicted octanol–water partition coefficient (Wildman–Crippen LogP) is 1.42. The van der Waals surface area contributed by atoms with Gasteiger partial charge < -0.3 is 35.6 Å². The van der Waals surface area contributed by atoms with Crippen molar-refractivity contribution in [2.24, 2.45) is 0 Å². The Morgan fingerprint density at radius 3 is 2.70 bits per heavy atom. The molecule has 0 saturated carbocycles. The highest BCUT2D eigenvalue weighted by Crippen LogP contribution is 2.37. The van der Waals surface area contributed by atoms with Crippen molar-refractivity contribution in [3.63, 3.8) is 0 Å². The fraction of sp³-hybridized carbons (Fsp3) is 0.700. The molecule has 0 aliphatic carbocycles. The van der Waals surface area contributed by atoms with Crippen LogP contribution in [0.1, 0.15) is 57.9 Å². The van der Waals surface area contributed by atoms with Crippen LogP contribution < -0.4 is 10.6 Å². The average molecular weight is 423 g/mol. The van der Waals surface area contributed by atoms with E-state index in [4.69, 9.17) is 10.1 Å². The first-order chi connectivity index (χ1) is 14.5. The molecule has 0 radical (unpaired) electrons. The summed E-state index contributed by atoms with van der Waals surface area (Å²) in [4.78, 5) is 6.39. The molecule has 168 valence electrons. The smallest absolute Gasteiger partial charge is 0.207 e. The normalized spacial score (nSPS) is 26.3. The van der Waals surface area contributed by atoms with E-state index < -0.39 is 31.1 Å². The van der Waals surface area contributed by atoms with Crippen LogP contribution in [0, 0.1) is 5.41 Å². The summed E-state index contributed by atoms with van der Waals surface area (Å²) in [6, 6.07) is 0. The second kappa shape index (κ2) is 10.3. The lowest BCUT2D eigenvalue weighted by Gasteiger charge is -2.29. The average Bonchev–Trinajstić information content (AvgIpc) is 3.25. The minimum absolute atomic E-state index is 0.250. The standard InChI is InChI=1S/C20H34N6O4/c1-3-5-7-8-10-25-12-23-18-14(17(25)21)24-20(22-9-6-4-2)26(18)19-16(29)15(28)13(11-27)30-19/h8,10,13,15-16,19,21,23,27-29H,3-7,9,11-12H2,1-2H3,(H,22,24)/b10-8+,21-17?/t13-,15-,16-,19-/m1/s1. The number of aliphatic hydroxyl groups is 3. The molecular weight excluding hydrogens is 388 g/mol. The minimum Gasteiger partial charge on any atom is -0.394 e. The van der Waals surface area contributed by atoms with Gasteiger partial charge in [0, 0.05) is 12.7 Å². The van der Waals surface area contributed by atoms with Crippen LogP contribution in [0.5, 0.6) is 0 Å². The molecule has 0 bridgehead atoms. The zero-order valence-corrected chi connectivity index (χ0v) is 17.7. The van der Waals surface area contributed by atoms with Crippen molar-refractivity contribution in [2.75, 3.05) is 30.5 Å². The van der Waals surface area contributed by atoms with Crippen LogP contribution in [0.25, 0.3) is 0 Å². The summed E-state index contributed by atoms with van der Waals surface area (Å²) in [6.07, 6.45) is 4.81. The largest absolute Gasteiger partial charge is 0.394 e. The van der Waals surface area contributed by atoms with Crippen LogP contribution in [-0.2, 0) is 4.74 Å². The molecule has 1 saturated heterocycles. The number of hydrogen-bond acceptors (Lipinski definition) is 8. The highest BCUT2D eigenvalue weighted by molar-refractivity contribution is 6.01. The molecule has 0 amide bonds. The molecule has 0 unspecified atom stereocenters. The summed E-state index contributed by atoms with van der Waals surface area (Å²) >= 11 is 0. The Hall–Kier alpha value is -2.14. The van der Waals surface area contributed by atoms with Gasteiger partial charge in [0.25, 0.3) is 0 Å². The summed E-state index contributed by atoms with van der Waals surface area (Å²) in [5, 5.41) is 45.3. The first kappa shape index (κ1) is 22.5. The number of imidazole rings is 1. The molecule has 0 aromatic carbocycles. The van der Waals surface area contributed by atoms with Crippen molar-refractivity contribution >= 4 is 17.6 Å². The highest BCUT2D eigenvalue weighted by atomic mass is 16.6. The summed E-state index contributed by atoms with van der Waals surface area (Å²) in [5.41, 5.74) is 0.443. The molecule has 6 N–H and O–H groups in total. The number of amidine groups is 1. The van der Waals surface area contributed by atoms with Crippen LogP contribution in [0.4, 0.5) is 11.8 Å². The Balaban J connectivity index is 1.90.